The normalized spacial score (nSPS) is 31.6. The number of aliphatic imine (C=N–C) groups is 1. The third-order valence-corrected chi connectivity index (χ3v) is 5.90. The van der Waals surface area contributed by atoms with Gasteiger partial charge in [0, 0.05) is 36.8 Å². The molecule has 5 heteroatoms. The zero-order chi connectivity index (χ0) is 20.0. The zero-order valence-electron chi connectivity index (χ0n) is 16.1. The Kier molecular flexibility index (Phi) is 7.74. The van der Waals surface area contributed by atoms with Gasteiger partial charge in [-0.15, -0.1) is 30.9 Å². The van der Waals surface area contributed by atoms with Crippen molar-refractivity contribution in [2.45, 2.75) is 70.1 Å². The molecular formula is C22H29NO3S. The maximum absolute atomic E-state index is 11.0. The van der Waals surface area contributed by atoms with Gasteiger partial charge < -0.3 is 10.2 Å². The molecule has 4 nitrogen and oxygen atoms in total. The number of aliphatic hydroxyl groups excluding tert-OH is 2. The largest absolute Gasteiger partial charge is 0.392 e. The number of hydrogen-bond donors (Lipinski definition) is 3. The fourth-order valence-electron chi connectivity index (χ4n) is 4.09. The molecule has 1 aliphatic heterocycles. The lowest BCUT2D eigenvalue weighted by molar-refractivity contribution is -0.110. The second-order valence-electron chi connectivity index (χ2n) is 7.64. The molecule has 0 aromatic heterocycles. The highest BCUT2D eigenvalue weighted by molar-refractivity contribution is 7.96. The minimum Gasteiger partial charge on any atom is -0.392 e. The molecule has 0 bridgehead atoms. The van der Waals surface area contributed by atoms with E-state index < -0.39 is 17.7 Å². The molecule has 1 heterocycles. The van der Waals surface area contributed by atoms with Gasteiger partial charge in [-0.25, -0.2) is 0 Å². The van der Waals surface area contributed by atoms with Crippen molar-refractivity contribution < 1.29 is 15.0 Å². The minimum atomic E-state index is -0.668. The summed E-state index contributed by atoms with van der Waals surface area (Å²) >= 11 is 3.80. The van der Waals surface area contributed by atoms with Crippen molar-refractivity contribution in [3.05, 3.63) is 12.2 Å². The Morgan fingerprint density at radius 2 is 2.30 bits per heavy atom. The summed E-state index contributed by atoms with van der Waals surface area (Å²) in [5.41, 5.74) is 0.351. The van der Waals surface area contributed by atoms with Crippen molar-refractivity contribution in [2.24, 2.45) is 22.7 Å². The maximum Gasteiger partial charge on any atom is 0.185 e. The van der Waals surface area contributed by atoms with E-state index >= 15 is 0 Å². The van der Waals surface area contributed by atoms with Crippen LogP contribution in [-0.4, -0.2) is 38.8 Å². The van der Waals surface area contributed by atoms with Crippen LogP contribution in [0, 0.1) is 41.9 Å². The van der Waals surface area contributed by atoms with Crippen molar-refractivity contribution in [3.8, 4) is 24.2 Å². The summed E-state index contributed by atoms with van der Waals surface area (Å²) in [7, 11) is 0. The average molecular weight is 388 g/mol. The summed E-state index contributed by atoms with van der Waals surface area (Å²) in [6.45, 7) is 3.74. The van der Waals surface area contributed by atoms with Gasteiger partial charge in [-0.05, 0) is 32.1 Å². The van der Waals surface area contributed by atoms with Gasteiger partial charge in [0.1, 0.15) is 5.54 Å². The van der Waals surface area contributed by atoms with E-state index in [2.05, 4.69) is 30.4 Å². The van der Waals surface area contributed by atoms with E-state index in [4.69, 9.17) is 11.4 Å². The van der Waals surface area contributed by atoms with Crippen LogP contribution in [0.5, 0.6) is 0 Å². The number of aliphatic hydroxyl groups is 2. The number of rotatable bonds is 8. The van der Waals surface area contributed by atoms with Gasteiger partial charge in [-0.1, -0.05) is 25.0 Å². The van der Waals surface area contributed by atoms with E-state index in [9.17, 15) is 15.0 Å². The topological polar surface area (TPSA) is 69.9 Å². The molecule has 1 saturated carbocycles. The molecule has 1 fully saturated rings. The molecule has 6 atom stereocenters. The van der Waals surface area contributed by atoms with E-state index in [0.29, 0.717) is 25.7 Å². The summed E-state index contributed by atoms with van der Waals surface area (Å²) in [6.07, 6.45) is 12.0. The van der Waals surface area contributed by atoms with Crippen LogP contribution in [-0.2, 0) is 4.79 Å². The quantitative estimate of drug-likeness (QED) is 0.341. The lowest BCUT2D eigenvalue weighted by atomic mass is 9.82. The third-order valence-electron chi connectivity index (χ3n) is 5.68. The number of hydrogen-bond acceptors (Lipinski definition) is 4. The zero-order valence-corrected chi connectivity index (χ0v) is 17.0. The molecule has 146 valence electrons. The first kappa shape index (κ1) is 21.8. The standard InChI is InChI=1S/C22H29NO3S/c1-4-6-8-15(3)19(24)12-11-17-18-13-16(9-7-10-21(26)27)23-22(18,5-2)14-20(17)25/h2,11-12,15,17-20,24-25H,7-10,13-14H2,1,3H3,(H,26,27)/b12-11+. The molecule has 27 heavy (non-hydrogen) atoms. The maximum atomic E-state index is 11.0. The van der Waals surface area contributed by atoms with E-state index in [1.807, 2.05) is 13.0 Å². The predicted molar refractivity (Wildman–Crippen MR) is 111 cm³/mol. The summed E-state index contributed by atoms with van der Waals surface area (Å²) in [5, 5.41) is 20.8. The van der Waals surface area contributed by atoms with Crippen LogP contribution in [0.25, 0.3) is 0 Å². The van der Waals surface area contributed by atoms with Crippen LogP contribution in [0.4, 0.5) is 0 Å². The van der Waals surface area contributed by atoms with Crippen molar-refractivity contribution >= 4 is 23.5 Å². The Labute approximate surface area is 168 Å². The number of terminal acetylenes is 1. The second-order valence-corrected chi connectivity index (χ2v) is 8.14. The molecule has 2 rings (SSSR count). The molecule has 6 unspecified atom stereocenters. The predicted octanol–water partition coefficient (Wildman–Crippen LogP) is 2.79. The van der Waals surface area contributed by atoms with Crippen molar-refractivity contribution in [2.75, 3.05) is 0 Å². The molecule has 0 aromatic carbocycles. The highest BCUT2D eigenvalue weighted by atomic mass is 32.1. The second kappa shape index (κ2) is 9.60. The Balaban J connectivity index is 2.06. The molecule has 0 saturated heterocycles. The average Bonchev–Trinajstić information content (AvgIpc) is 3.09. The lowest BCUT2D eigenvalue weighted by Crippen LogP contribution is -2.27. The van der Waals surface area contributed by atoms with Crippen LogP contribution in [0.2, 0.25) is 0 Å². The fourth-order valence-corrected chi connectivity index (χ4v) is 4.24. The first-order valence-electron chi connectivity index (χ1n) is 9.54. The van der Waals surface area contributed by atoms with Crippen molar-refractivity contribution in [1.29, 1.82) is 0 Å². The van der Waals surface area contributed by atoms with Crippen LogP contribution >= 0.6 is 12.6 Å². The summed E-state index contributed by atoms with van der Waals surface area (Å²) in [5.74, 6) is 8.58. The van der Waals surface area contributed by atoms with E-state index in [-0.39, 0.29) is 22.9 Å². The van der Waals surface area contributed by atoms with E-state index in [0.717, 1.165) is 18.6 Å². The van der Waals surface area contributed by atoms with Crippen LogP contribution < -0.4 is 0 Å². The Morgan fingerprint density at radius 1 is 1.56 bits per heavy atom. The highest BCUT2D eigenvalue weighted by Crippen LogP contribution is 2.49. The van der Waals surface area contributed by atoms with Crippen LogP contribution in [0.1, 0.15) is 52.4 Å². The minimum absolute atomic E-state index is 0.0267. The van der Waals surface area contributed by atoms with Gasteiger partial charge in [0.15, 0.2) is 5.12 Å². The first-order valence-corrected chi connectivity index (χ1v) is 9.99. The van der Waals surface area contributed by atoms with Crippen LogP contribution in [0.3, 0.4) is 0 Å². The lowest BCUT2D eigenvalue weighted by Gasteiger charge is -2.22. The smallest absolute Gasteiger partial charge is 0.185 e. The Hall–Kier alpha value is -1.53. The Morgan fingerprint density at radius 3 is 2.93 bits per heavy atom. The number of carbonyl (C=O) groups excluding carboxylic acids is 1. The van der Waals surface area contributed by atoms with Gasteiger partial charge >= 0.3 is 0 Å². The van der Waals surface area contributed by atoms with Crippen LogP contribution in [0.15, 0.2) is 17.1 Å². The molecule has 0 radical (unpaired) electrons. The summed E-state index contributed by atoms with van der Waals surface area (Å²) in [4.78, 5) is 15.8. The van der Waals surface area contributed by atoms with Crippen molar-refractivity contribution in [3.63, 3.8) is 0 Å². The number of thiol groups is 1. The van der Waals surface area contributed by atoms with E-state index in [1.165, 1.54) is 0 Å². The van der Waals surface area contributed by atoms with Gasteiger partial charge in [0.2, 0.25) is 0 Å². The van der Waals surface area contributed by atoms with Gasteiger partial charge in [0.25, 0.3) is 0 Å². The molecule has 0 aromatic rings. The van der Waals surface area contributed by atoms with E-state index in [1.54, 1.807) is 13.0 Å². The summed E-state index contributed by atoms with van der Waals surface area (Å²) in [6, 6.07) is 0. The third kappa shape index (κ3) is 5.26. The molecule has 0 amide bonds. The molecular weight excluding hydrogens is 358 g/mol. The number of nitrogens with zero attached hydrogens (tertiary/aromatic N) is 1. The number of carbonyl (C=O) groups is 1. The van der Waals surface area contributed by atoms with Crippen molar-refractivity contribution in [1.82, 2.24) is 0 Å². The number of fused-ring (bicyclic) bond motifs is 1. The monoisotopic (exact) mass is 387 g/mol. The molecule has 0 spiro atoms. The van der Waals surface area contributed by atoms with Gasteiger partial charge in [0.05, 0.1) is 12.2 Å². The Bertz CT molecular complexity index is 711. The molecule has 2 aliphatic rings. The highest BCUT2D eigenvalue weighted by Gasteiger charge is 2.54. The fraction of sp³-hybridized carbons (Fsp3) is 0.636. The molecule has 2 N–H and O–H groups in total. The summed E-state index contributed by atoms with van der Waals surface area (Å²) < 4.78 is 0. The SMILES string of the molecule is C#CC12CC(O)C(/C=C/C(O)C(C)CC#CC)C1CC(CCCC(=O)S)=N2. The first-order chi connectivity index (χ1) is 12.8. The molecule has 1 aliphatic carbocycles. The van der Waals surface area contributed by atoms with Gasteiger partial charge in [-0.2, -0.15) is 0 Å². The van der Waals surface area contributed by atoms with Gasteiger partial charge in [-0.3, -0.25) is 9.79 Å².